The molecule has 0 bridgehead atoms. The third-order valence-electron chi connectivity index (χ3n) is 1.72. The number of aromatic nitrogens is 2. The van der Waals surface area contributed by atoms with Gasteiger partial charge in [-0.1, -0.05) is 23.7 Å². The van der Waals surface area contributed by atoms with E-state index in [0.29, 0.717) is 17.4 Å². The van der Waals surface area contributed by atoms with Crippen molar-refractivity contribution in [3.63, 3.8) is 0 Å². The Kier molecular flexibility index (Phi) is 2.28. The van der Waals surface area contributed by atoms with Crippen LogP contribution in [0.2, 0.25) is 5.15 Å². The fourth-order valence-corrected chi connectivity index (χ4v) is 1.31. The number of nitrogens with zero attached hydrogens (tertiary/aromatic N) is 2. The summed E-state index contributed by atoms with van der Waals surface area (Å²) in [5, 5.41) is 2.57. The first-order valence-corrected chi connectivity index (χ1v) is 4.31. The van der Waals surface area contributed by atoms with Gasteiger partial charge in [-0.2, -0.15) is 0 Å². The molecule has 1 N–H and O–H groups in total. The molecule has 5 heteroatoms. The molecule has 14 heavy (non-hydrogen) atoms. The van der Waals surface area contributed by atoms with E-state index in [1.54, 1.807) is 12.1 Å². The van der Waals surface area contributed by atoms with Crippen LogP contribution in [0, 0.1) is 0 Å². The van der Waals surface area contributed by atoms with Crippen molar-refractivity contribution in [2.45, 2.75) is 0 Å². The summed E-state index contributed by atoms with van der Waals surface area (Å²) in [5.74, 6) is 0.278. The molecule has 0 saturated carbocycles. The number of hydrogen-bond acceptors (Lipinski definition) is 3. The highest BCUT2D eigenvalue weighted by atomic mass is 35.5. The van der Waals surface area contributed by atoms with Gasteiger partial charge in [-0.25, -0.2) is 9.97 Å². The van der Waals surface area contributed by atoms with Crippen LogP contribution in [0.5, 0.6) is 0 Å². The topological polar surface area (TPSA) is 54.9 Å². The molecule has 0 aliphatic carbocycles. The summed E-state index contributed by atoms with van der Waals surface area (Å²) in [7, 11) is 0. The van der Waals surface area contributed by atoms with Crippen LogP contribution in [-0.4, -0.2) is 16.4 Å². The molecule has 0 atom stereocenters. The predicted molar refractivity (Wildman–Crippen MR) is 54.2 cm³/mol. The highest BCUT2D eigenvalue weighted by Gasteiger charge is 2.04. The molecule has 0 aliphatic heterocycles. The number of hydrogen-bond donors (Lipinski definition) is 1. The molecule has 2 rings (SSSR count). The maximum atomic E-state index is 10.2. The van der Waals surface area contributed by atoms with Gasteiger partial charge in [-0.15, -0.1) is 0 Å². The first kappa shape index (κ1) is 8.90. The number of fused-ring (bicyclic) bond motifs is 1. The summed E-state index contributed by atoms with van der Waals surface area (Å²) >= 11 is 5.79. The number of halogens is 1. The van der Waals surface area contributed by atoms with Gasteiger partial charge in [0.05, 0.1) is 11.0 Å². The maximum Gasteiger partial charge on any atom is 0.212 e. The first-order chi connectivity index (χ1) is 6.81. The minimum Gasteiger partial charge on any atom is -0.311 e. The van der Waals surface area contributed by atoms with E-state index in [9.17, 15) is 4.79 Å². The van der Waals surface area contributed by atoms with Crippen LogP contribution in [0.15, 0.2) is 24.3 Å². The van der Waals surface area contributed by atoms with Crippen molar-refractivity contribution < 1.29 is 4.79 Å². The molecule has 1 amide bonds. The molecule has 0 spiro atoms. The Morgan fingerprint density at radius 1 is 1.21 bits per heavy atom. The third kappa shape index (κ3) is 1.52. The number of nitrogens with one attached hydrogen (secondary N) is 1. The van der Waals surface area contributed by atoms with Crippen LogP contribution in [0.3, 0.4) is 0 Å². The molecular formula is C9H6ClN3O. The van der Waals surface area contributed by atoms with Crippen LogP contribution in [-0.2, 0) is 4.79 Å². The quantitative estimate of drug-likeness (QED) is 0.765. The molecule has 1 aromatic carbocycles. The van der Waals surface area contributed by atoms with Crippen LogP contribution in [0.1, 0.15) is 0 Å². The summed E-state index contributed by atoms with van der Waals surface area (Å²) in [6.45, 7) is 0. The number of rotatable bonds is 2. The van der Waals surface area contributed by atoms with Crippen LogP contribution in [0.25, 0.3) is 11.0 Å². The lowest BCUT2D eigenvalue weighted by molar-refractivity contribution is -0.105. The van der Waals surface area contributed by atoms with Gasteiger partial charge in [0.2, 0.25) is 6.41 Å². The number of para-hydroxylation sites is 2. The molecule has 2 aromatic rings. The van der Waals surface area contributed by atoms with Gasteiger partial charge in [0.15, 0.2) is 11.0 Å². The largest absolute Gasteiger partial charge is 0.311 e. The van der Waals surface area contributed by atoms with Gasteiger partial charge in [0.25, 0.3) is 0 Å². The van der Waals surface area contributed by atoms with E-state index in [1.807, 2.05) is 12.1 Å². The summed E-state index contributed by atoms with van der Waals surface area (Å²) < 4.78 is 0. The molecule has 4 nitrogen and oxygen atoms in total. The van der Waals surface area contributed by atoms with Gasteiger partial charge in [-0.3, -0.25) is 4.79 Å². The van der Waals surface area contributed by atoms with Crippen molar-refractivity contribution in [2.75, 3.05) is 5.32 Å². The minimum atomic E-state index is 0.191. The Morgan fingerprint density at radius 2 is 1.86 bits per heavy atom. The molecule has 0 radical (unpaired) electrons. The van der Waals surface area contributed by atoms with Crippen molar-refractivity contribution in [1.29, 1.82) is 0 Å². The second-order valence-corrected chi connectivity index (χ2v) is 2.97. The average molecular weight is 208 g/mol. The second-order valence-electron chi connectivity index (χ2n) is 2.61. The van der Waals surface area contributed by atoms with Crippen LogP contribution < -0.4 is 5.32 Å². The van der Waals surface area contributed by atoms with E-state index in [2.05, 4.69) is 15.3 Å². The predicted octanol–water partition coefficient (Wildman–Crippen LogP) is 1.85. The van der Waals surface area contributed by atoms with Gasteiger partial charge in [0, 0.05) is 0 Å². The van der Waals surface area contributed by atoms with Crippen molar-refractivity contribution in [3.05, 3.63) is 29.4 Å². The highest BCUT2D eigenvalue weighted by molar-refractivity contribution is 6.32. The second kappa shape index (κ2) is 3.59. The summed E-state index contributed by atoms with van der Waals surface area (Å²) in [6, 6.07) is 7.29. The Bertz CT molecular complexity index is 486. The Morgan fingerprint density at radius 3 is 2.50 bits per heavy atom. The maximum absolute atomic E-state index is 10.2. The lowest BCUT2D eigenvalue weighted by Crippen LogP contribution is -1.99. The molecule has 1 heterocycles. The molecule has 0 saturated heterocycles. The van der Waals surface area contributed by atoms with E-state index in [0.717, 1.165) is 0 Å². The lowest BCUT2D eigenvalue weighted by atomic mass is 10.3. The molecule has 0 unspecified atom stereocenters. The normalized spacial score (nSPS) is 10.1. The summed E-state index contributed by atoms with van der Waals surface area (Å²) in [4.78, 5) is 18.4. The fraction of sp³-hybridized carbons (Fsp3) is 0. The van der Waals surface area contributed by atoms with Gasteiger partial charge in [-0.05, 0) is 12.1 Å². The average Bonchev–Trinajstić information content (AvgIpc) is 2.19. The van der Waals surface area contributed by atoms with Gasteiger partial charge in [0.1, 0.15) is 0 Å². The summed E-state index contributed by atoms with van der Waals surface area (Å²) in [5.41, 5.74) is 1.40. The van der Waals surface area contributed by atoms with Gasteiger partial charge >= 0.3 is 0 Å². The number of benzene rings is 1. The van der Waals surface area contributed by atoms with Gasteiger partial charge < -0.3 is 5.32 Å². The zero-order valence-corrected chi connectivity index (χ0v) is 7.82. The Labute approximate surface area is 84.9 Å². The van der Waals surface area contributed by atoms with Crippen molar-refractivity contribution >= 4 is 34.9 Å². The number of anilines is 1. The molecule has 70 valence electrons. The zero-order valence-electron chi connectivity index (χ0n) is 7.07. The van der Waals surface area contributed by atoms with Crippen molar-refractivity contribution in [1.82, 2.24) is 9.97 Å². The standard InChI is InChI=1S/C9H6ClN3O/c10-8-9(11-5-14)13-7-4-2-1-3-6(7)12-8/h1-5H,(H,11,13,14). The van der Waals surface area contributed by atoms with E-state index >= 15 is 0 Å². The van der Waals surface area contributed by atoms with E-state index in [1.165, 1.54) is 0 Å². The molecule has 0 fully saturated rings. The van der Waals surface area contributed by atoms with Crippen LogP contribution in [0.4, 0.5) is 5.82 Å². The number of amides is 1. The SMILES string of the molecule is O=CNc1nc2ccccc2nc1Cl. The molecule has 1 aromatic heterocycles. The first-order valence-electron chi connectivity index (χ1n) is 3.94. The van der Waals surface area contributed by atoms with E-state index in [-0.39, 0.29) is 11.0 Å². The smallest absolute Gasteiger partial charge is 0.212 e. The third-order valence-corrected chi connectivity index (χ3v) is 1.99. The highest BCUT2D eigenvalue weighted by Crippen LogP contribution is 2.19. The van der Waals surface area contributed by atoms with E-state index in [4.69, 9.17) is 11.6 Å². The number of carbonyl (C=O) groups is 1. The zero-order chi connectivity index (χ0) is 9.97. The van der Waals surface area contributed by atoms with Crippen LogP contribution >= 0.6 is 11.6 Å². The molecular weight excluding hydrogens is 202 g/mol. The molecule has 0 aliphatic rings. The summed E-state index contributed by atoms with van der Waals surface area (Å²) in [6.07, 6.45) is 0.519. The fourth-order valence-electron chi connectivity index (χ4n) is 1.13. The number of carbonyl (C=O) groups excluding carboxylic acids is 1. The van der Waals surface area contributed by atoms with Crippen molar-refractivity contribution in [2.24, 2.45) is 0 Å². The monoisotopic (exact) mass is 207 g/mol. The van der Waals surface area contributed by atoms with Crippen molar-refractivity contribution in [3.8, 4) is 0 Å². The Balaban J connectivity index is 2.64. The lowest BCUT2D eigenvalue weighted by Gasteiger charge is -2.02. The Hall–Kier alpha value is -1.68. The minimum absolute atomic E-state index is 0.191. The van der Waals surface area contributed by atoms with E-state index < -0.39 is 0 Å².